The first-order valence-corrected chi connectivity index (χ1v) is 5.74. The molecule has 1 saturated carbocycles. The molecule has 1 fully saturated rings. The van der Waals surface area contributed by atoms with Crippen LogP contribution in [0.25, 0.3) is 0 Å². The smallest absolute Gasteiger partial charge is 0.329 e. The third kappa shape index (κ3) is 2.23. The number of hydrogen-bond donors (Lipinski definition) is 2. The maximum Gasteiger partial charge on any atom is 0.329 e. The largest absolute Gasteiger partial charge is 0.480 e. The van der Waals surface area contributed by atoms with E-state index in [1.54, 1.807) is 25.3 Å². The van der Waals surface area contributed by atoms with Gasteiger partial charge in [0.2, 0.25) is 0 Å². The van der Waals surface area contributed by atoms with Crippen LogP contribution in [-0.2, 0) is 9.53 Å². The second-order valence-corrected chi connectivity index (χ2v) is 4.67. The zero-order valence-electron chi connectivity index (χ0n) is 9.44. The fourth-order valence-electron chi connectivity index (χ4n) is 2.03. The zero-order valence-corrected chi connectivity index (χ0v) is 10.2. The molecule has 0 aromatic heterocycles. The van der Waals surface area contributed by atoms with Crippen molar-refractivity contribution in [3.05, 3.63) is 29.3 Å². The maximum absolute atomic E-state index is 11.3. The summed E-state index contributed by atoms with van der Waals surface area (Å²) in [5.41, 5.74) is -0.308. The van der Waals surface area contributed by atoms with Crippen LogP contribution in [0.2, 0.25) is 5.02 Å². The number of halogens is 1. The summed E-state index contributed by atoms with van der Waals surface area (Å²) in [6.07, 6.45) is 0.898. The van der Waals surface area contributed by atoms with Crippen LogP contribution in [-0.4, -0.2) is 29.8 Å². The van der Waals surface area contributed by atoms with Gasteiger partial charge in [-0.25, -0.2) is 4.79 Å². The average Bonchev–Trinajstić information content (AvgIpc) is 2.24. The van der Waals surface area contributed by atoms with Crippen molar-refractivity contribution in [2.24, 2.45) is 0 Å². The number of nitrogens with one attached hydrogen (secondary N) is 1. The number of rotatable bonds is 4. The van der Waals surface area contributed by atoms with Crippen LogP contribution in [0.15, 0.2) is 24.3 Å². The van der Waals surface area contributed by atoms with Gasteiger partial charge in [0.1, 0.15) is 5.54 Å². The molecule has 1 aromatic rings. The summed E-state index contributed by atoms with van der Waals surface area (Å²) in [6.45, 7) is 0. The van der Waals surface area contributed by atoms with Gasteiger partial charge in [-0.05, 0) is 12.1 Å². The monoisotopic (exact) mass is 255 g/mol. The first-order valence-electron chi connectivity index (χ1n) is 5.36. The number of carboxylic acids is 1. The van der Waals surface area contributed by atoms with Crippen molar-refractivity contribution >= 4 is 23.3 Å². The Balaban J connectivity index is 2.16. The standard InChI is InChI=1S/C12H14ClNO3/c1-17-8-6-12(7-8,11(15)16)14-10-5-3-2-4-9(10)13/h2-5,8,14H,6-7H2,1H3,(H,15,16). The normalized spacial score (nSPS) is 27.3. The Hall–Kier alpha value is -1.26. The molecule has 0 atom stereocenters. The van der Waals surface area contributed by atoms with Crippen molar-refractivity contribution in [2.45, 2.75) is 24.5 Å². The minimum atomic E-state index is -0.953. The van der Waals surface area contributed by atoms with Crippen LogP contribution in [0.5, 0.6) is 0 Å². The van der Waals surface area contributed by atoms with Crippen LogP contribution in [0.1, 0.15) is 12.8 Å². The van der Waals surface area contributed by atoms with Gasteiger partial charge >= 0.3 is 5.97 Å². The molecule has 0 bridgehead atoms. The number of para-hydroxylation sites is 1. The number of carboxylic acid groups (broad SMARTS) is 1. The molecule has 1 aliphatic carbocycles. The van der Waals surface area contributed by atoms with Gasteiger partial charge in [-0.3, -0.25) is 0 Å². The predicted molar refractivity (Wildman–Crippen MR) is 65.5 cm³/mol. The van der Waals surface area contributed by atoms with E-state index in [-0.39, 0.29) is 6.10 Å². The number of anilines is 1. The van der Waals surface area contributed by atoms with Gasteiger partial charge in [-0.1, -0.05) is 23.7 Å². The lowest BCUT2D eigenvalue weighted by Gasteiger charge is -2.44. The van der Waals surface area contributed by atoms with E-state index in [1.165, 1.54) is 0 Å². The molecule has 17 heavy (non-hydrogen) atoms. The quantitative estimate of drug-likeness (QED) is 0.867. The molecular weight excluding hydrogens is 242 g/mol. The lowest BCUT2D eigenvalue weighted by atomic mass is 9.74. The molecule has 2 rings (SSSR count). The van der Waals surface area contributed by atoms with E-state index in [1.807, 2.05) is 6.07 Å². The van der Waals surface area contributed by atoms with E-state index in [0.717, 1.165) is 0 Å². The second kappa shape index (κ2) is 4.55. The van der Waals surface area contributed by atoms with Gasteiger partial charge in [0.15, 0.2) is 0 Å². The molecule has 5 heteroatoms. The predicted octanol–water partition coefficient (Wildman–Crippen LogP) is 2.38. The molecule has 1 aromatic carbocycles. The fourth-order valence-corrected chi connectivity index (χ4v) is 2.22. The Labute approximate surface area is 105 Å². The van der Waals surface area contributed by atoms with E-state index in [4.69, 9.17) is 16.3 Å². The van der Waals surface area contributed by atoms with Gasteiger partial charge < -0.3 is 15.2 Å². The Bertz CT molecular complexity index is 430. The summed E-state index contributed by atoms with van der Waals surface area (Å²) < 4.78 is 5.12. The van der Waals surface area contributed by atoms with Crippen molar-refractivity contribution in [3.8, 4) is 0 Å². The molecule has 0 saturated heterocycles. The molecule has 4 nitrogen and oxygen atoms in total. The highest BCUT2D eigenvalue weighted by molar-refractivity contribution is 6.33. The Morgan fingerprint density at radius 1 is 1.53 bits per heavy atom. The van der Waals surface area contributed by atoms with E-state index >= 15 is 0 Å². The van der Waals surface area contributed by atoms with E-state index in [0.29, 0.717) is 23.6 Å². The summed E-state index contributed by atoms with van der Waals surface area (Å²) in [7, 11) is 1.59. The molecule has 0 unspecified atom stereocenters. The molecule has 92 valence electrons. The Morgan fingerprint density at radius 2 is 2.18 bits per heavy atom. The number of aliphatic carboxylic acids is 1. The lowest BCUT2D eigenvalue weighted by molar-refractivity contribution is -0.151. The summed E-state index contributed by atoms with van der Waals surface area (Å²) >= 11 is 6.00. The summed E-state index contributed by atoms with van der Waals surface area (Å²) in [4.78, 5) is 11.3. The van der Waals surface area contributed by atoms with Gasteiger partial charge in [0.25, 0.3) is 0 Å². The molecular formula is C12H14ClNO3. The van der Waals surface area contributed by atoms with Crippen LogP contribution in [0.4, 0.5) is 5.69 Å². The van der Waals surface area contributed by atoms with Crippen molar-refractivity contribution in [1.82, 2.24) is 0 Å². The molecule has 0 spiro atoms. The molecule has 0 amide bonds. The van der Waals surface area contributed by atoms with E-state index in [9.17, 15) is 9.90 Å². The second-order valence-electron chi connectivity index (χ2n) is 4.26. The average molecular weight is 256 g/mol. The summed E-state index contributed by atoms with van der Waals surface area (Å²) in [5.74, 6) is -0.870. The SMILES string of the molecule is COC1CC(Nc2ccccc2Cl)(C(=O)O)C1. The first-order chi connectivity index (χ1) is 8.07. The lowest BCUT2D eigenvalue weighted by Crippen LogP contribution is -2.59. The highest BCUT2D eigenvalue weighted by atomic mass is 35.5. The molecule has 0 radical (unpaired) electrons. The van der Waals surface area contributed by atoms with Gasteiger partial charge in [-0.15, -0.1) is 0 Å². The highest BCUT2D eigenvalue weighted by Crippen LogP contribution is 2.39. The third-order valence-electron chi connectivity index (χ3n) is 3.14. The number of ether oxygens (including phenoxy) is 1. The van der Waals surface area contributed by atoms with Crippen LogP contribution >= 0.6 is 11.6 Å². The van der Waals surface area contributed by atoms with Crippen LogP contribution in [0, 0.1) is 0 Å². The topological polar surface area (TPSA) is 58.6 Å². The van der Waals surface area contributed by atoms with Crippen molar-refractivity contribution in [1.29, 1.82) is 0 Å². The Morgan fingerprint density at radius 3 is 2.71 bits per heavy atom. The molecule has 0 aliphatic heterocycles. The molecule has 0 heterocycles. The fraction of sp³-hybridized carbons (Fsp3) is 0.417. The van der Waals surface area contributed by atoms with Crippen molar-refractivity contribution in [3.63, 3.8) is 0 Å². The summed E-state index contributed by atoms with van der Waals surface area (Å²) in [5, 5.41) is 12.8. The molecule has 2 N–H and O–H groups in total. The zero-order chi connectivity index (χ0) is 12.5. The van der Waals surface area contributed by atoms with Crippen molar-refractivity contribution < 1.29 is 14.6 Å². The minimum Gasteiger partial charge on any atom is -0.480 e. The maximum atomic E-state index is 11.3. The van der Waals surface area contributed by atoms with Crippen molar-refractivity contribution in [2.75, 3.05) is 12.4 Å². The number of carbonyl (C=O) groups is 1. The third-order valence-corrected chi connectivity index (χ3v) is 3.47. The molecule has 1 aliphatic rings. The van der Waals surface area contributed by atoms with Crippen LogP contribution < -0.4 is 5.32 Å². The van der Waals surface area contributed by atoms with E-state index < -0.39 is 11.5 Å². The number of benzene rings is 1. The number of methoxy groups -OCH3 is 1. The minimum absolute atomic E-state index is 0.00101. The highest BCUT2D eigenvalue weighted by Gasteiger charge is 2.51. The number of hydrogen-bond acceptors (Lipinski definition) is 3. The van der Waals surface area contributed by atoms with Gasteiger partial charge in [0.05, 0.1) is 16.8 Å². The van der Waals surface area contributed by atoms with Gasteiger partial charge in [-0.2, -0.15) is 0 Å². The van der Waals surface area contributed by atoms with Crippen LogP contribution in [0.3, 0.4) is 0 Å². The first kappa shape index (κ1) is 12.2. The summed E-state index contributed by atoms with van der Waals surface area (Å²) in [6, 6.07) is 7.12. The van der Waals surface area contributed by atoms with E-state index in [2.05, 4.69) is 5.32 Å². The van der Waals surface area contributed by atoms with Gasteiger partial charge in [0, 0.05) is 20.0 Å². The Kier molecular flexibility index (Phi) is 3.26.